The highest BCUT2D eigenvalue weighted by Crippen LogP contribution is 1.95. The summed E-state index contributed by atoms with van der Waals surface area (Å²) in [7, 11) is 2.73. The third-order valence-corrected chi connectivity index (χ3v) is 1.22. The number of carboxylic acid groups (broad SMARTS) is 2. The molecular weight excluding hydrogens is 151 g/mol. The van der Waals surface area contributed by atoms with E-state index in [0.717, 1.165) is 0 Å². The number of carbonyl (C=O) groups is 1. The number of rotatable bonds is 3. The summed E-state index contributed by atoms with van der Waals surface area (Å²) in [5.41, 5.74) is 0. The fourth-order valence-corrected chi connectivity index (χ4v) is 0.683. The first-order valence-corrected chi connectivity index (χ1v) is 4.08. The summed E-state index contributed by atoms with van der Waals surface area (Å²) in [5.74, 6) is 0. The van der Waals surface area contributed by atoms with Crippen molar-refractivity contribution in [3.05, 3.63) is 0 Å². The van der Waals surface area contributed by atoms with E-state index in [0.29, 0.717) is 0 Å². The summed E-state index contributed by atoms with van der Waals surface area (Å²) in [5, 5.41) is 13.9. The molecule has 4 heteroatoms. The molecule has 0 aliphatic carbocycles. The lowest BCUT2D eigenvalue weighted by Crippen LogP contribution is -1.81. The van der Waals surface area contributed by atoms with Gasteiger partial charge in [0.05, 0.1) is 0 Å². The molecule has 0 bridgehead atoms. The first kappa shape index (κ1) is 12.4. The zero-order valence-corrected chi connectivity index (χ0v) is 7.36. The Morgan fingerprint density at radius 3 is 1.90 bits per heavy atom. The third-order valence-electron chi connectivity index (χ3n) is 0.808. The molecule has 2 N–H and O–H groups in total. The SMILES string of the molecule is CCCCCP.O=C(O)O. The maximum Gasteiger partial charge on any atom is 0.503 e. The Morgan fingerprint density at radius 1 is 1.40 bits per heavy atom. The monoisotopic (exact) mass is 166 g/mol. The van der Waals surface area contributed by atoms with Crippen LogP contribution in [0.15, 0.2) is 0 Å². The van der Waals surface area contributed by atoms with E-state index < -0.39 is 6.16 Å². The molecule has 0 aromatic rings. The molecule has 0 aromatic carbocycles. The molecule has 0 amide bonds. The topological polar surface area (TPSA) is 57.5 Å². The molecule has 0 aliphatic heterocycles. The van der Waals surface area contributed by atoms with E-state index in [1.165, 1.54) is 25.4 Å². The molecule has 0 rings (SSSR count). The molecule has 0 saturated heterocycles. The first-order chi connectivity index (χ1) is 4.65. The standard InChI is InChI=1S/C5H13P.CH2O3/c1-2-3-4-5-6;2-1(3)4/h2-6H2,1H3;(H2,2,3,4). The van der Waals surface area contributed by atoms with Gasteiger partial charge < -0.3 is 10.2 Å². The molecule has 10 heavy (non-hydrogen) atoms. The van der Waals surface area contributed by atoms with Gasteiger partial charge in [-0.2, -0.15) is 0 Å². The maximum atomic E-state index is 8.56. The van der Waals surface area contributed by atoms with Gasteiger partial charge in [-0.15, -0.1) is 9.24 Å². The van der Waals surface area contributed by atoms with Crippen molar-refractivity contribution >= 4 is 15.4 Å². The van der Waals surface area contributed by atoms with Crippen molar-refractivity contribution in [2.24, 2.45) is 0 Å². The van der Waals surface area contributed by atoms with Gasteiger partial charge in [-0.05, 0) is 12.6 Å². The van der Waals surface area contributed by atoms with Crippen molar-refractivity contribution in [1.82, 2.24) is 0 Å². The Morgan fingerprint density at radius 2 is 1.80 bits per heavy atom. The molecule has 0 fully saturated rings. The fraction of sp³-hybridized carbons (Fsp3) is 0.833. The molecule has 0 saturated carbocycles. The van der Waals surface area contributed by atoms with Crippen LogP contribution >= 0.6 is 9.24 Å². The Balaban J connectivity index is 0. The largest absolute Gasteiger partial charge is 0.503 e. The minimum atomic E-state index is -1.83. The fourth-order valence-electron chi connectivity index (χ4n) is 0.394. The highest BCUT2D eigenvalue weighted by atomic mass is 31.0. The Kier molecular flexibility index (Phi) is 14.2. The lowest BCUT2D eigenvalue weighted by atomic mass is 10.3. The van der Waals surface area contributed by atoms with Crippen molar-refractivity contribution in [1.29, 1.82) is 0 Å². The van der Waals surface area contributed by atoms with Crippen LogP contribution in [0.5, 0.6) is 0 Å². The van der Waals surface area contributed by atoms with Gasteiger partial charge in [-0.3, -0.25) is 0 Å². The van der Waals surface area contributed by atoms with Crippen molar-refractivity contribution in [2.45, 2.75) is 26.2 Å². The molecule has 0 heterocycles. The predicted octanol–water partition coefficient (Wildman–Crippen LogP) is 2.27. The lowest BCUT2D eigenvalue weighted by molar-refractivity contribution is 0.137. The van der Waals surface area contributed by atoms with Gasteiger partial charge in [-0.25, -0.2) is 4.79 Å². The van der Waals surface area contributed by atoms with Gasteiger partial charge >= 0.3 is 6.16 Å². The Labute approximate surface area is 63.6 Å². The van der Waals surface area contributed by atoms with Crippen LogP contribution in [-0.2, 0) is 0 Å². The second kappa shape index (κ2) is 11.5. The van der Waals surface area contributed by atoms with Gasteiger partial charge in [0.1, 0.15) is 0 Å². The highest BCUT2D eigenvalue weighted by Gasteiger charge is 1.75. The average Bonchev–Trinajstić information content (AvgIpc) is 1.82. The first-order valence-electron chi connectivity index (χ1n) is 3.27. The third kappa shape index (κ3) is 47.4. The van der Waals surface area contributed by atoms with E-state index in [4.69, 9.17) is 15.0 Å². The molecule has 1 unspecified atom stereocenters. The van der Waals surface area contributed by atoms with Gasteiger partial charge in [-0.1, -0.05) is 19.8 Å². The van der Waals surface area contributed by atoms with Crippen molar-refractivity contribution in [3.63, 3.8) is 0 Å². The van der Waals surface area contributed by atoms with Crippen LogP contribution in [-0.4, -0.2) is 22.5 Å². The van der Waals surface area contributed by atoms with Gasteiger partial charge in [0, 0.05) is 0 Å². The number of unbranched alkanes of at least 4 members (excludes halogenated alkanes) is 2. The van der Waals surface area contributed by atoms with E-state index in [-0.39, 0.29) is 0 Å². The lowest BCUT2D eigenvalue weighted by Gasteiger charge is -1.86. The summed E-state index contributed by atoms with van der Waals surface area (Å²) in [6.07, 6.45) is 3.55. The summed E-state index contributed by atoms with van der Waals surface area (Å²) >= 11 is 0. The number of hydrogen-bond acceptors (Lipinski definition) is 1. The van der Waals surface area contributed by atoms with Gasteiger partial charge in [0.2, 0.25) is 0 Å². The minimum Gasteiger partial charge on any atom is -0.450 e. The summed E-state index contributed by atoms with van der Waals surface area (Å²) in [4.78, 5) is 8.56. The molecular formula is C6H15O3P. The van der Waals surface area contributed by atoms with Crippen molar-refractivity contribution in [3.8, 4) is 0 Å². The smallest absolute Gasteiger partial charge is 0.450 e. The molecule has 0 spiro atoms. The zero-order chi connectivity index (χ0) is 8.41. The molecule has 3 nitrogen and oxygen atoms in total. The second-order valence-corrected chi connectivity index (χ2v) is 2.36. The minimum absolute atomic E-state index is 1.27. The van der Waals surface area contributed by atoms with E-state index in [9.17, 15) is 0 Å². The van der Waals surface area contributed by atoms with E-state index in [2.05, 4.69) is 16.2 Å². The second-order valence-electron chi connectivity index (χ2n) is 1.78. The van der Waals surface area contributed by atoms with Gasteiger partial charge in [0.15, 0.2) is 0 Å². The van der Waals surface area contributed by atoms with Crippen LogP contribution in [0.1, 0.15) is 26.2 Å². The molecule has 0 aliphatic rings. The van der Waals surface area contributed by atoms with E-state index >= 15 is 0 Å². The van der Waals surface area contributed by atoms with Crippen LogP contribution < -0.4 is 0 Å². The molecule has 0 radical (unpaired) electrons. The zero-order valence-electron chi connectivity index (χ0n) is 6.21. The summed E-state index contributed by atoms with van der Waals surface area (Å²) < 4.78 is 0. The maximum absolute atomic E-state index is 8.56. The van der Waals surface area contributed by atoms with Crippen LogP contribution in [0.2, 0.25) is 0 Å². The van der Waals surface area contributed by atoms with Gasteiger partial charge in [0.25, 0.3) is 0 Å². The predicted molar refractivity (Wildman–Crippen MR) is 44.8 cm³/mol. The normalized spacial score (nSPS) is 7.80. The molecule has 1 atom stereocenters. The summed E-state index contributed by atoms with van der Waals surface area (Å²) in [6.45, 7) is 2.22. The number of hydrogen-bond donors (Lipinski definition) is 2. The Bertz CT molecular complexity index is 67.4. The van der Waals surface area contributed by atoms with E-state index in [1.807, 2.05) is 0 Å². The van der Waals surface area contributed by atoms with Crippen molar-refractivity contribution < 1.29 is 15.0 Å². The summed E-state index contributed by atoms with van der Waals surface area (Å²) in [6, 6.07) is 0. The molecule has 62 valence electrons. The quantitative estimate of drug-likeness (QED) is 0.499. The van der Waals surface area contributed by atoms with Crippen LogP contribution in [0, 0.1) is 0 Å². The van der Waals surface area contributed by atoms with Crippen LogP contribution in [0.25, 0.3) is 0 Å². The molecule has 0 aromatic heterocycles. The van der Waals surface area contributed by atoms with E-state index in [1.54, 1.807) is 0 Å². The van der Waals surface area contributed by atoms with Crippen LogP contribution in [0.4, 0.5) is 4.79 Å². The van der Waals surface area contributed by atoms with Crippen molar-refractivity contribution in [2.75, 3.05) is 6.16 Å². The Hall–Kier alpha value is -0.300. The van der Waals surface area contributed by atoms with Crippen LogP contribution in [0.3, 0.4) is 0 Å². The highest BCUT2D eigenvalue weighted by molar-refractivity contribution is 7.16. The average molecular weight is 166 g/mol.